The highest BCUT2D eigenvalue weighted by Crippen LogP contribution is 2.28. The van der Waals surface area contributed by atoms with Crippen molar-refractivity contribution in [2.24, 2.45) is 0 Å². The molecular weight excluding hydrogens is 362 g/mol. The molecule has 0 atom stereocenters. The van der Waals surface area contributed by atoms with E-state index in [1.54, 1.807) is 25.6 Å². The molecule has 4 rings (SSSR count). The normalized spacial score (nSPS) is 14.0. The summed E-state index contributed by atoms with van der Waals surface area (Å²) in [5.41, 5.74) is 2.73. The van der Waals surface area contributed by atoms with Crippen LogP contribution >= 0.6 is 11.3 Å². The lowest BCUT2D eigenvalue weighted by atomic mass is 10.1. The van der Waals surface area contributed by atoms with Gasteiger partial charge in [-0.2, -0.15) is 0 Å². The highest BCUT2D eigenvalue weighted by molar-refractivity contribution is 7.13. The Balaban J connectivity index is 1.59. The van der Waals surface area contributed by atoms with Crippen molar-refractivity contribution < 1.29 is 9.47 Å². The van der Waals surface area contributed by atoms with E-state index in [0.717, 1.165) is 46.3 Å². The number of hydrogen-bond acceptors (Lipinski definition) is 6. The Morgan fingerprint density at radius 2 is 2.15 bits per heavy atom. The molecule has 0 unspecified atom stereocenters. The highest BCUT2D eigenvalue weighted by Gasteiger charge is 2.22. The molecule has 0 saturated carbocycles. The van der Waals surface area contributed by atoms with E-state index in [1.807, 2.05) is 35.7 Å². The van der Waals surface area contributed by atoms with Crippen LogP contribution in [0.2, 0.25) is 0 Å². The maximum absolute atomic E-state index is 12.5. The molecule has 0 aliphatic carbocycles. The van der Waals surface area contributed by atoms with Crippen molar-refractivity contribution in [2.75, 3.05) is 20.8 Å². The van der Waals surface area contributed by atoms with Crippen LogP contribution in [0.15, 0.2) is 40.5 Å². The van der Waals surface area contributed by atoms with E-state index in [-0.39, 0.29) is 5.56 Å². The van der Waals surface area contributed by atoms with Gasteiger partial charge in [0, 0.05) is 36.8 Å². The van der Waals surface area contributed by atoms with Crippen molar-refractivity contribution in [3.63, 3.8) is 0 Å². The summed E-state index contributed by atoms with van der Waals surface area (Å²) in [5.74, 6) is 2.23. The van der Waals surface area contributed by atoms with Gasteiger partial charge in [0.1, 0.15) is 11.5 Å². The van der Waals surface area contributed by atoms with Crippen LogP contribution in [-0.2, 0) is 19.5 Å². The van der Waals surface area contributed by atoms with Gasteiger partial charge < -0.3 is 14.5 Å². The number of methoxy groups -OCH3 is 2. The second kappa shape index (κ2) is 7.54. The molecule has 3 heterocycles. The predicted octanol–water partition coefficient (Wildman–Crippen LogP) is 3.07. The second-order valence-electron chi connectivity index (χ2n) is 6.46. The van der Waals surface area contributed by atoms with Crippen molar-refractivity contribution in [2.45, 2.75) is 19.5 Å². The third-order valence-electron chi connectivity index (χ3n) is 4.80. The average molecular weight is 383 g/mol. The van der Waals surface area contributed by atoms with Crippen LogP contribution in [-0.4, -0.2) is 35.6 Å². The minimum atomic E-state index is -0.0231. The van der Waals surface area contributed by atoms with Gasteiger partial charge in [-0.05, 0) is 23.9 Å². The van der Waals surface area contributed by atoms with Crippen LogP contribution < -0.4 is 15.0 Å². The number of aromatic nitrogens is 2. The lowest BCUT2D eigenvalue weighted by Gasteiger charge is -2.28. The topological polar surface area (TPSA) is 67.5 Å². The Hall–Kier alpha value is -2.64. The van der Waals surface area contributed by atoms with Crippen LogP contribution in [0, 0.1) is 0 Å². The molecule has 1 aliphatic rings. The number of nitrogens with one attached hydrogen (secondary N) is 1. The fourth-order valence-corrected chi connectivity index (χ4v) is 4.05. The van der Waals surface area contributed by atoms with Crippen molar-refractivity contribution in [3.05, 3.63) is 62.9 Å². The Bertz CT molecular complexity index is 998. The first kappa shape index (κ1) is 17.8. The van der Waals surface area contributed by atoms with Gasteiger partial charge in [0.05, 0.1) is 24.8 Å². The molecule has 27 heavy (non-hydrogen) atoms. The summed E-state index contributed by atoms with van der Waals surface area (Å²) in [6.07, 6.45) is 0.695. The largest absolute Gasteiger partial charge is 0.497 e. The monoisotopic (exact) mass is 383 g/mol. The quantitative estimate of drug-likeness (QED) is 0.733. The zero-order valence-electron chi connectivity index (χ0n) is 15.3. The van der Waals surface area contributed by atoms with Gasteiger partial charge in [-0.3, -0.25) is 9.69 Å². The lowest BCUT2D eigenvalue weighted by molar-refractivity contribution is 0.237. The summed E-state index contributed by atoms with van der Waals surface area (Å²) >= 11 is 1.57. The first-order valence-electron chi connectivity index (χ1n) is 8.77. The maximum Gasteiger partial charge on any atom is 0.254 e. The van der Waals surface area contributed by atoms with E-state index in [1.165, 1.54) is 0 Å². The summed E-state index contributed by atoms with van der Waals surface area (Å²) in [6, 6.07) is 9.79. The average Bonchev–Trinajstić information content (AvgIpc) is 3.23. The number of H-pyrrole nitrogens is 1. The predicted molar refractivity (Wildman–Crippen MR) is 106 cm³/mol. The second-order valence-corrected chi connectivity index (χ2v) is 7.40. The number of fused-ring (bicyclic) bond motifs is 1. The van der Waals surface area contributed by atoms with E-state index in [0.29, 0.717) is 18.8 Å². The number of rotatable bonds is 5. The fraction of sp³-hybridized carbons (Fsp3) is 0.300. The number of nitrogens with zero attached hydrogens (tertiary/aromatic N) is 2. The summed E-state index contributed by atoms with van der Waals surface area (Å²) in [4.78, 5) is 23.4. The summed E-state index contributed by atoms with van der Waals surface area (Å²) in [6.45, 7) is 2.19. The molecule has 6 nitrogen and oxygen atoms in total. The van der Waals surface area contributed by atoms with Crippen LogP contribution in [0.1, 0.15) is 16.8 Å². The van der Waals surface area contributed by atoms with Gasteiger partial charge in [-0.15, -0.1) is 11.3 Å². The molecule has 0 fully saturated rings. The molecule has 0 saturated heterocycles. The number of thiophene rings is 1. The van der Waals surface area contributed by atoms with Crippen LogP contribution in [0.4, 0.5) is 0 Å². The molecule has 1 aliphatic heterocycles. The number of aromatic amines is 1. The lowest BCUT2D eigenvalue weighted by Crippen LogP contribution is -2.35. The standard InChI is InChI=1S/C20H21N3O3S/c1-25-14-6-5-13(17(10-14)26-2)11-23-8-7-15-16(12-23)21-19(22-20(15)24)18-4-3-9-27-18/h3-6,9-10H,7-8,11-12H2,1-2H3,(H,21,22,24). The molecule has 1 aromatic carbocycles. The number of hydrogen-bond donors (Lipinski definition) is 1. The van der Waals surface area contributed by atoms with Gasteiger partial charge in [-0.25, -0.2) is 4.98 Å². The minimum Gasteiger partial charge on any atom is -0.497 e. The van der Waals surface area contributed by atoms with E-state index >= 15 is 0 Å². The number of benzene rings is 1. The van der Waals surface area contributed by atoms with Gasteiger partial charge in [0.15, 0.2) is 5.82 Å². The van der Waals surface area contributed by atoms with E-state index in [9.17, 15) is 4.79 Å². The van der Waals surface area contributed by atoms with Crippen molar-refractivity contribution in [3.8, 4) is 22.2 Å². The van der Waals surface area contributed by atoms with Gasteiger partial charge >= 0.3 is 0 Å². The molecular formula is C20H21N3O3S. The first-order chi connectivity index (χ1) is 13.2. The third-order valence-corrected chi connectivity index (χ3v) is 5.67. The Kier molecular flexibility index (Phi) is 4.96. The molecule has 0 bridgehead atoms. The summed E-state index contributed by atoms with van der Waals surface area (Å²) in [7, 11) is 3.31. The van der Waals surface area contributed by atoms with Crippen LogP contribution in [0.3, 0.4) is 0 Å². The van der Waals surface area contributed by atoms with Crippen molar-refractivity contribution in [1.82, 2.24) is 14.9 Å². The summed E-state index contributed by atoms with van der Waals surface area (Å²) in [5, 5.41) is 1.98. The molecule has 3 aromatic rings. The van der Waals surface area contributed by atoms with Crippen molar-refractivity contribution in [1.29, 1.82) is 0 Å². The van der Waals surface area contributed by atoms with E-state index < -0.39 is 0 Å². The molecule has 7 heteroatoms. The van der Waals surface area contributed by atoms with Gasteiger partial charge in [-0.1, -0.05) is 12.1 Å². The third kappa shape index (κ3) is 3.61. The molecule has 2 aromatic heterocycles. The van der Waals surface area contributed by atoms with Crippen LogP contribution in [0.25, 0.3) is 10.7 Å². The molecule has 0 amide bonds. The SMILES string of the molecule is COc1ccc(CN2CCc3c(nc(-c4cccs4)[nH]c3=O)C2)c(OC)c1. The maximum atomic E-state index is 12.5. The first-order valence-corrected chi connectivity index (χ1v) is 9.65. The Morgan fingerprint density at radius 3 is 2.89 bits per heavy atom. The minimum absolute atomic E-state index is 0.0231. The number of ether oxygens (including phenoxy) is 2. The smallest absolute Gasteiger partial charge is 0.254 e. The van der Waals surface area contributed by atoms with E-state index in [2.05, 4.69) is 9.88 Å². The zero-order chi connectivity index (χ0) is 18.8. The fourth-order valence-electron chi connectivity index (χ4n) is 3.38. The highest BCUT2D eigenvalue weighted by atomic mass is 32.1. The van der Waals surface area contributed by atoms with Gasteiger partial charge in [0.25, 0.3) is 5.56 Å². The Labute approximate surface area is 161 Å². The Morgan fingerprint density at radius 1 is 1.26 bits per heavy atom. The molecule has 0 radical (unpaired) electrons. The molecule has 0 spiro atoms. The van der Waals surface area contributed by atoms with Crippen LogP contribution in [0.5, 0.6) is 11.5 Å². The van der Waals surface area contributed by atoms with Crippen molar-refractivity contribution >= 4 is 11.3 Å². The van der Waals surface area contributed by atoms with Gasteiger partial charge in [0.2, 0.25) is 0 Å². The summed E-state index contributed by atoms with van der Waals surface area (Å²) < 4.78 is 10.8. The van der Waals surface area contributed by atoms with E-state index in [4.69, 9.17) is 14.5 Å². The zero-order valence-corrected chi connectivity index (χ0v) is 16.1. The molecule has 1 N–H and O–H groups in total. The molecule has 140 valence electrons.